The van der Waals surface area contributed by atoms with Crippen LogP contribution in [0.15, 0.2) is 42.5 Å². The van der Waals surface area contributed by atoms with E-state index in [1.807, 2.05) is 18.2 Å². The lowest BCUT2D eigenvalue weighted by molar-refractivity contribution is 0.509. The van der Waals surface area contributed by atoms with E-state index < -0.39 is 11.6 Å². The zero-order chi connectivity index (χ0) is 12.3. The van der Waals surface area contributed by atoms with Crippen molar-refractivity contribution in [3.05, 3.63) is 64.7 Å². The second-order valence-electron chi connectivity index (χ2n) is 3.57. The van der Waals surface area contributed by atoms with Crippen LogP contribution in [0.2, 0.25) is 5.02 Å². The fourth-order valence-electron chi connectivity index (χ4n) is 1.45. The fraction of sp³-hybridized carbons (Fsp3) is 0.0769. The maximum Gasteiger partial charge on any atom is 0.160 e. The van der Waals surface area contributed by atoms with Gasteiger partial charge in [-0.1, -0.05) is 29.8 Å². The normalized spacial score (nSPS) is 10.3. The van der Waals surface area contributed by atoms with Crippen LogP contribution in [-0.2, 0) is 6.54 Å². The lowest BCUT2D eigenvalue weighted by atomic mass is 10.2. The fourth-order valence-corrected chi connectivity index (χ4v) is 1.65. The quantitative estimate of drug-likeness (QED) is 0.863. The Kier molecular flexibility index (Phi) is 3.59. The molecule has 1 nitrogen and oxygen atoms in total. The Morgan fingerprint density at radius 1 is 1.00 bits per heavy atom. The Morgan fingerprint density at radius 3 is 2.47 bits per heavy atom. The van der Waals surface area contributed by atoms with Gasteiger partial charge >= 0.3 is 0 Å². The van der Waals surface area contributed by atoms with Crippen molar-refractivity contribution < 1.29 is 8.78 Å². The van der Waals surface area contributed by atoms with Gasteiger partial charge in [0.05, 0.1) is 0 Å². The zero-order valence-corrected chi connectivity index (χ0v) is 9.64. The van der Waals surface area contributed by atoms with Crippen molar-refractivity contribution in [2.45, 2.75) is 6.54 Å². The number of hydrogen-bond acceptors (Lipinski definition) is 1. The standard InChI is InChI=1S/C13H10ClF2N/c14-11-4-2-1-3-9(11)8-17-10-5-6-12(15)13(16)7-10/h1-7,17H,8H2. The van der Waals surface area contributed by atoms with Crippen LogP contribution in [0.3, 0.4) is 0 Å². The Balaban J connectivity index is 2.08. The third-order valence-electron chi connectivity index (χ3n) is 2.36. The van der Waals surface area contributed by atoms with Crippen molar-refractivity contribution in [1.29, 1.82) is 0 Å². The first-order valence-corrected chi connectivity index (χ1v) is 5.47. The molecule has 0 aliphatic heterocycles. The summed E-state index contributed by atoms with van der Waals surface area (Å²) in [5.74, 6) is -1.72. The average Bonchev–Trinajstić information content (AvgIpc) is 2.32. The van der Waals surface area contributed by atoms with E-state index in [4.69, 9.17) is 11.6 Å². The maximum atomic E-state index is 12.9. The molecule has 0 spiro atoms. The molecule has 0 bridgehead atoms. The lowest BCUT2D eigenvalue weighted by Crippen LogP contribution is -2.00. The van der Waals surface area contributed by atoms with E-state index in [0.717, 1.165) is 17.7 Å². The molecule has 1 N–H and O–H groups in total. The van der Waals surface area contributed by atoms with Crippen LogP contribution >= 0.6 is 11.6 Å². The maximum absolute atomic E-state index is 12.9. The summed E-state index contributed by atoms with van der Waals surface area (Å²) in [6, 6.07) is 11.0. The molecule has 0 aromatic heterocycles. The van der Waals surface area contributed by atoms with Gasteiger partial charge in [-0.2, -0.15) is 0 Å². The van der Waals surface area contributed by atoms with Crippen LogP contribution in [0.1, 0.15) is 5.56 Å². The van der Waals surface area contributed by atoms with E-state index in [2.05, 4.69) is 5.32 Å². The number of benzene rings is 2. The molecule has 0 saturated heterocycles. The summed E-state index contributed by atoms with van der Waals surface area (Å²) in [4.78, 5) is 0. The summed E-state index contributed by atoms with van der Waals surface area (Å²) < 4.78 is 25.6. The molecule has 0 atom stereocenters. The van der Waals surface area contributed by atoms with E-state index >= 15 is 0 Å². The number of anilines is 1. The molecule has 2 aromatic rings. The van der Waals surface area contributed by atoms with Crippen LogP contribution in [0.5, 0.6) is 0 Å². The molecule has 2 aromatic carbocycles. The average molecular weight is 254 g/mol. The van der Waals surface area contributed by atoms with Crippen molar-refractivity contribution in [2.75, 3.05) is 5.32 Å². The lowest BCUT2D eigenvalue weighted by Gasteiger charge is -2.08. The second kappa shape index (κ2) is 5.15. The molecule has 4 heteroatoms. The van der Waals surface area contributed by atoms with E-state index in [1.165, 1.54) is 6.07 Å². The molecule has 0 aliphatic rings. The van der Waals surface area contributed by atoms with Gasteiger partial charge in [-0.15, -0.1) is 0 Å². The van der Waals surface area contributed by atoms with Crippen molar-refractivity contribution in [1.82, 2.24) is 0 Å². The van der Waals surface area contributed by atoms with Crippen LogP contribution in [0, 0.1) is 11.6 Å². The van der Waals surface area contributed by atoms with Gasteiger partial charge in [0.1, 0.15) is 0 Å². The van der Waals surface area contributed by atoms with Gasteiger partial charge in [0, 0.05) is 23.3 Å². The van der Waals surface area contributed by atoms with Gasteiger partial charge in [-0.05, 0) is 23.8 Å². The Morgan fingerprint density at radius 2 is 1.76 bits per heavy atom. The smallest absolute Gasteiger partial charge is 0.160 e. The number of nitrogens with one attached hydrogen (secondary N) is 1. The molecule has 0 radical (unpaired) electrons. The van der Waals surface area contributed by atoms with Gasteiger partial charge in [-0.25, -0.2) is 8.78 Å². The Labute approximate surface area is 103 Å². The van der Waals surface area contributed by atoms with Crippen molar-refractivity contribution in [3.63, 3.8) is 0 Å². The highest BCUT2D eigenvalue weighted by Crippen LogP contribution is 2.18. The molecule has 0 heterocycles. The Hall–Kier alpha value is -1.61. The highest BCUT2D eigenvalue weighted by Gasteiger charge is 2.03. The number of halogens is 3. The molecular weight excluding hydrogens is 244 g/mol. The SMILES string of the molecule is Fc1ccc(NCc2ccccc2Cl)cc1F. The van der Waals surface area contributed by atoms with Crippen LogP contribution in [-0.4, -0.2) is 0 Å². The predicted molar refractivity (Wildman–Crippen MR) is 65.1 cm³/mol. The molecule has 2 rings (SSSR count). The highest BCUT2D eigenvalue weighted by molar-refractivity contribution is 6.31. The van der Waals surface area contributed by atoms with Crippen LogP contribution < -0.4 is 5.32 Å². The number of rotatable bonds is 3. The van der Waals surface area contributed by atoms with Crippen molar-refractivity contribution >= 4 is 17.3 Å². The van der Waals surface area contributed by atoms with Gasteiger partial charge in [0.25, 0.3) is 0 Å². The highest BCUT2D eigenvalue weighted by atomic mass is 35.5. The third-order valence-corrected chi connectivity index (χ3v) is 2.73. The minimum absolute atomic E-state index is 0.463. The largest absolute Gasteiger partial charge is 0.381 e. The third kappa shape index (κ3) is 2.94. The summed E-state index contributed by atoms with van der Waals surface area (Å²) in [5.41, 5.74) is 1.42. The first-order valence-electron chi connectivity index (χ1n) is 5.09. The second-order valence-corrected chi connectivity index (χ2v) is 3.98. The van der Waals surface area contributed by atoms with Gasteiger partial charge < -0.3 is 5.32 Å². The molecule has 0 aliphatic carbocycles. The molecule has 0 fully saturated rings. The summed E-state index contributed by atoms with van der Waals surface area (Å²) in [7, 11) is 0. The topological polar surface area (TPSA) is 12.0 Å². The zero-order valence-electron chi connectivity index (χ0n) is 8.88. The molecule has 0 unspecified atom stereocenters. The minimum atomic E-state index is -0.867. The Bertz CT molecular complexity index is 529. The van der Waals surface area contributed by atoms with Crippen molar-refractivity contribution in [3.8, 4) is 0 Å². The van der Waals surface area contributed by atoms with E-state index in [-0.39, 0.29) is 0 Å². The van der Waals surface area contributed by atoms with E-state index in [1.54, 1.807) is 6.07 Å². The summed E-state index contributed by atoms with van der Waals surface area (Å²) in [6.07, 6.45) is 0. The molecule has 0 amide bonds. The van der Waals surface area contributed by atoms with Gasteiger partial charge in [0.2, 0.25) is 0 Å². The number of hydrogen-bond donors (Lipinski definition) is 1. The summed E-state index contributed by atoms with van der Waals surface area (Å²) in [6.45, 7) is 0.463. The molecule has 0 saturated carbocycles. The first kappa shape index (κ1) is 11.9. The molecular formula is C13H10ClF2N. The molecule has 17 heavy (non-hydrogen) atoms. The summed E-state index contributed by atoms with van der Waals surface area (Å²) >= 11 is 5.97. The van der Waals surface area contributed by atoms with Crippen LogP contribution in [0.4, 0.5) is 14.5 Å². The van der Waals surface area contributed by atoms with Gasteiger partial charge in [0.15, 0.2) is 11.6 Å². The van der Waals surface area contributed by atoms with E-state index in [9.17, 15) is 8.78 Å². The summed E-state index contributed by atoms with van der Waals surface area (Å²) in [5, 5.41) is 3.62. The van der Waals surface area contributed by atoms with Crippen LogP contribution in [0.25, 0.3) is 0 Å². The predicted octanol–water partition coefficient (Wildman–Crippen LogP) is 4.23. The first-order chi connectivity index (χ1) is 8.16. The van der Waals surface area contributed by atoms with Gasteiger partial charge in [-0.3, -0.25) is 0 Å². The van der Waals surface area contributed by atoms with Crippen molar-refractivity contribution in [2.24, 2.45) is 0 Å². The molecule has 88 valence electrons. The minimum Gasteiger partial charge on any atom is -0.381 e. The monoisotopic (exact) mass is 253 g/mol. The van der Waals surface area contributed by atoms with E-state index in [0.29, 0.717) is 17.3 Å².